The van der Waals surface area contributed by atoms with Gasteiger partial charge in [0.15, 0.2) is 0 Å². The van der Waals surface area contributed by atoms with Crippen LogP contribution in [0.15, 0.2) is 36.5 Å². The summed E-state index contributed by atoms with van der Waals surface area (Å²) in [6.45, 7) is 0. The highest BCUT2D eigenvalue weighted by atomic mass is 19.1. The predicted molar refractivity (Wildman–Crippen MR) is 54.0 cm³/mol. The van der Waals surface area contributed by atoms with Crippen molar-refractivity contribution in [2.24, 2.45) is 0 Å². The van der Waals surface area contributed by atoms with E-state index in [1.165, 1.54) is 24.4 Å². The summed E-state index contributed by atoms with van der Waals surface area (Å²) in [6.07, 6.45) is 1.48. The molecule has 2 N–H and O–H groups in total. The third kappa shape index (κ3) is 1.93. The Morgan fingerprint density at radius 1 is 1.07 bits per heavy atom. The van der Waals surface area contributed by atoms with Gasteiger partial charge in [0, 0.05) is 23.5 Å². The van der Waals surface area contributed by atoms with Crippen LogP contribution in [0.5, 0.6) is 0 Å². The summed E-state index contributed by atoms with van der Waals surface area (Å²) in [5, 5.41) is 0. The molecule has 0 bridgehead atoms. The van der Waals surface area contributed by atoms with Gasteiger partial charge in [-0.25, -0.2) is 8.78 Å². The molecule has 2 rings (SSSR count). The minimum absolute atomic E-state index is 0.240. The molecule has 0 atom stereocenters. The second-order valence-electron chi connectivity index (χ2n) is 3.10. The van der Waals surface area contributed by atoms with E-state index in [0.717, 1.165) is 6.07 Å². The van der Waals surface area contributed by atoms with Gasteiger partial charge in [-0.1, -0.05) is 0 Å². The van der Waals surface area contributed by atoms with E-state index in [4.69, 9.17) is 5.73 Å². The zero-order chi connectivity index (χ0) is 10.8. The van der Waals surface area contributed by atoms with E-state index in [1.54, 1.807) is 6.07 Å². The lowest BCUT2D eigenvalue weighted by atomic mass is 10.1. The number of aromatic nitrogens is 1. The van der Waals surface area contributed by atoms with Crippen molar-refractivity contribution in [2.45, 2.75) is 0 Å². The van der Waals surface area contributed by atoms with Crippen LogP contribution >= 0.6 is 0 Å². The molecule has 0 aliphatic rings. The molecule has 0 spiro atoms. The largest absolute Gasteiger partial charge is 0.399 e. The van der Waals surface area contributed by atoms with Crippen molar-refractivity contribution in [3.63, 3.8) is 0 Å². The number of hydrogen-bond donors (Lipinski definition) is 1. The lowest BCUT2D eigenvalue weighted by Gasteiger charge is -2.03. The highest BCUT2D eigenvalue weighted by Gasteiger charge is 2.07. The first-order valence-corrected chi connectivity index (χ1v) is 4.34. The van der Waals surface area contributed by atoms with E-state index in [-0.39, 0.29) is 5.56 Å². The molecule has 15 heavy (non-hydrogen) atoms. The number of nitrogens with two attached hydrogens (primary N) is 1. The minimum Gasteiger partial charge on any atom is -0.399 e. The first-order valence-electron chi connectivity index (χ1n) is 4.34. The second-order valence-corrected chi connectivity index (χ2v) is 3.10. The van der Waals surface area contributed by atoms with E-state index in [1.807, 2.05) is 0 Å². The van der Waals surface area contributed by atoms with Gasteiger partial charge in [0.05, 0.1) is 5.69 Å². The molecule has 0 radical (unpaired) electrons. The van der Waals surface area contributed by atoms with E-state index in [0.29, 0.717) is 11.4 Å². The van der Waals surface area contributed by atoms with Crippen LogP contribution in [0, 0.1) is 11.6 Å². The second kappa shape index (κ2) is 3.65. The van der Waals surface area contributed by atoms with Gasteiger partial charge < -0.3 is 5.73 Å². The average molecular weight is 206 g/mol. The van der Waals surface area contributed by atoms with Crippen molar-refractivity contribution >= 4 is 5.69 Å². The van der Waals surface area contributed by atoms with Gasteiger partial charge in [0.2, 0.25) is 0 Å². The molecule has 1 heterocycles. The number of pyridine rings is 1. The van der Waals surface area contributed by atoms with Gasteiger partial charge in [0.1, 0.15) is 11.6 Å². The van der Waals surface area contributed by atoms with Crippen LogP contribution in [0.1, 0.15) is 0 Å². The highest BCUT2D eigenvalue weighted by molar-refractivity contribution is 5.63. The summed E-state index contributed by atoms with van der Waals surface area (Å²) in [5.74, 6) is -1.26. The lowest BCUT2D eigenvalue weighted by Crippen LogP contribution is -1.91. The lowest BCUT2D eigenvalue weighted by molar-refractivity contribution is 0.585. The Hall–Kier alpha value is -1.97. The van der Waals surface area contributed by atoms with Crippen molar-refractivity contribution in [3.05, 3.63) is 48.2 Å². The smallest absolute Gasteiger partial charge is 0.135 e. The van der Waals surface area contributed by atoms with Gasteiger partial charge in [-0.3, -0.25) is 4.98 Å². The monoisotopic (exact) mass is 206 g/mol. The number of nitrogen functional groups attached to an aromatic ring is 1. The average Bonchev–Trinajstić information content (AvgIpc) is 2.17. The number of halogens is 2. The molecule has 2 aromatic rings. The van der Waals surface area contributed by atoms with Crippen LogP contribution in [0.3, 0.4) is 0 Å². The molecule has 76 valence electrons. The molecule has 0 aliphatic carbocycles. The number of nitrogens with zero attached hydrogens (tertiary/aromatic N) is 1. The SMILES string of the molecule is Nc1ccnc(-c2ccc(F)cc2F)c1. The summed E-state index contributed by atoms with van der Waals surface area (Å²) in [7, 11) is 0. The molecule has 0 amide bonds. The maximum Gasteiger partial charge on any atom is 0.135 e. The minimum atomic E-state index is -0.645. The Morgan fingerprint density at radius 2 is 1.87 bits per heavy atom. The number of benzene rings is 1. The third-order valence-electron chi connectivity index (χ3n) is 1.99. The summed E-state index contributed by atoms with van der Waals surface area (Å²) < 4.78 is 26.0. The highest BCUT2D eigenvalue weighted by Crippen LogP contribution is 2.22. The van der Waals surface area contributed by atoms with Crippen molar-refractivity contribution in [2.75, 3.05) is 5.73 Å². The number of hydrogen-bond acceptors (Lipinski definition) is 2. The fourth-order valence-corrected chi connectivity index (χ4v) is 1.29. The van der Waals surface area contributed by atoms with Gasteiger partial charge in [-0.2, -0.15) is 0 Å². The van der Waals surface area contributed by atoms with Gasteiger partial charge >= 0.3 is 0 Å². The first kappa shape index (κ1) is 9.58. The normalized spacial score (nSPS) is 10.3. The zero-order valence-electron chi connectivity index (χ0n) is 7.74. The van der Waals surface area contributed by atoms with Gasteiger partial charge in [0.25, 0.3) is 0 Å². The van der Waals surface area contributed by atoms with E-state index in [9.17, 15) is 8.78 Å². The van der Waals surface area contributed by atoms with Crippen LogP contribution in [-0.2, 0) is 0 Å². The van der Waals surface area contributed by atoms with Crippen LogP contribution in [0.25, 0.3) is 11.3 Å². The molecule has 0 fully saturated rings. The van der Waals surface area contributed by atoms with Crippen LogP contribution < -0.4 is 5.73 Å². The Balaban J connectivity index is 2.54. The Bertz CT molecular complexity index is 498. The molecule has 1 aromatic heterocycles. The molecule has 4 heteroatoms. The summed E-state index contributed by atoms with van der Waals surface area (Å²) >= 11 is 0. The van der Waals surface area contributed by atoms with Crippen LogP contribution in [0.2, 0.25) is 0 Å². The van der Waals surface area contributed by atoms with Crippen LogP contribution in [0.4, 0.5) is 14.5 Å². The molecule has 0 aliphatic heterocycles. The summed E-state index contributed by atoms with van der Waals surface area (Å²) in [4.78, 5) is 3.96. The predicted octanol–water partition coefficient (Wildman–Crippen LogP) is 2.61. The molecule has 0 saturated carbocycles. The van der Waals surface area contributed by atoms with Crippen molar-refractivity contribution < 1.29 is 8.78 Å². The van der Waals surface area contributed by atoms with E-state index >= 15 is 0 Å². The molecule has 2 nitrogen and oxygen atoms in total. The first-order chi connectivity index (χ1) is 7.16. The zero-order valence-corrected chi connectivity index (χ0v) is 7.74. The fourth-order valence-electron chi connectivity index (χ4n) is 1.29. The van der Waals surface area contributed by atoms with E-state index in [2.05, 4.69) is 4.98 Å². The molecule has 0 unspecified atom stereocenters. The van der Waals surface area contributed by atoms with Crippen molar-refractivity contribution in [1.29, 1.82) is 0 Å². The van der Waals surface area contributed by atoms with Gasteiger partial charge in [-0.15, -0.1) is 0 Å². The summed E-state index contributed by atoms with van der Waals surface area (Å²) in [5.41, 5.74) is 6.66. The van der Waals surface area contributed by atoms with Crippen LogP contribution in [-0.4, -0.2) is 4.98 Å². The molecular weight excluding hydrogens is 198 g/mol. The Labute approximate surface area is 85.4 Å². The maximum atomic E-state index is 13.3. The number of rotatable bonds is 1. The number of anilines is 1. The topological polar surface area (TPSA) is 38.9 Å². The third-order valence-corrected chi connectivity index (χ3v) is 1.99. The molecular formula is C11H8F2N2. The summed E-state index contributed by atoms with van der Waals surface area (Å²) in [6, 6.07) is 6.48. The Morgan fingerprint density at radius 3 is 2.53 bits per heavy atom. The Kier molecular flexibility index (Phi) is 2.33. The fraction of sp³-hybridized carbons (Fsp3) is 0. The van der Waals surface area contributed by atoms with E-state index < -0.39 is 11.6 Å². The molecule has 1 aromatic carbocycles. The maximum absolute atomic E-state index is 13.3. The van der Waals surface area contributed by atoms with Gasteiger partial charge in [-0.05, 0) is 24.3 Å². The standard InChI is InChI=1S/C11H8F2N2/c12-7-1-2-9(10(13)5-7)11-6-8(14)3-4-15-11/h1-6H,(H2,14,15). The van der Waals surface area contributed by atoms with Crippen molar-refractivity contribution in [3.8, 4) is 11.3 Å². The quantitative estimate of drug-likeness (QED) is 0.778. The molecule has 0 saturated heterocycles. The van der Waals surface area contributed by atoms with Crippen molar-refractivity contribution in [1.82, 2.24) is 4.98 Å².